The second kappa shape index (κ2) is 2.36. The number of hydrogen-bond acceptors (Lipinski definition) is 3. The Balaban J connectivity index is 2.12. The highest BCUT2D eigenvalue weighted by Crippen LogP contribution is 2.53. The molecule has 3 nitrogen and oxygen atoms in total. The van der Waals surface area contributed by atoms with E-state index in [1.54, 1.807) is 6.07 Å². The third-order valence-electron chi connectivity index (χ3n) is 2.82. The molecule has 2 aliphatic heterocycles. The summed E-state index contributed by atoms with van der Waals surface area (Å²) in [4.78, 5) is 11.5. The van der Waals surface area contributed by atoms with Gasteiger partial charge in [-0.15, -0.1) is 0 Å². The number of fused-ring (bicyclic) bond motifs is 2. The maximum Gasteiger partial charge on any atom is 0.341 e. The van der Waals surface area contributed by atoms with Crippen molar-refractivity contribution < 1.29 is 14.3 Å². The van der Waals surface area contributed by atoms with Gasteiger partial charge in [0.25, 0.3) is 5.79 Å². The molecule has 0 aromatic heterocycles. The van der Waals surface area contributed by atoms with Gasteiger partial charge in [0.15, 0.2) is 0 Å². The summed E-state index contributed by atoms with van der Waals surface area (Å²) in [5.41, 5.74) is 1.53. The molecule has 1 aromatic rings. The lowest BCUT2D eigenvalue weighted by atomic mass is 10.0. The molecule has 0 N–H and O–H groups in total. The average molecular weight is 190 g/mol. The van der Waals surface area contributed by atoms with Crippen LogP contribution in [-0.2, 0) is 15.3 Å². The molecule has 0 amide bonds. The Morgan fingerprint density at radius 2 is 2.21 bits per heavy atom. The molecule has 1 spiro atoms. The van der Waals surface area contributed by atoms with E-state index in [0.29, 0.717) is 5.56 Å². The first kappa shape index (κ1) is 8.00. The zero-order valence-electron chi connectivity index (χ0n) is 7.82. The zero-order valence-corrected chi connectivity index (χ0v) is 7.82. The summed E-state index contributed by atoms with van der Waals surface area (Å²) < 4.78 is 10.7. The number of esters is 1. The Morgan fingerprint density at radius 1 is 1.43 bits per heavy atom. The van der Waals surface area contributed by atoms with E-state index in [1.165, 1.54) is 0 Å². The Morgan fingerprint density at radius 3 is 2.93 bits per heavy atom. The van der Waals surface area contributed by atoms with Crippen LogP contribution in [0.3, 0.4) is 0 Å². The SMILES string of the molecule is CCC1OC12OC(=O)c1ccccc12. The molecule has 3 heteroatoms. The second-order valence-corrected chi connectivity index (χ2v) is 3.62. The number of carbonyl (C=O) groups is 1. The van der Waals surface area contributed by atoms with Gasteiger partial charge in [0.2, 0.25) is 0 Å². The standard InChI is InChI=1S/C11H10O3/c1-2-9-11(13-9)8-6-4-3-5-7(8)10(12)14-11/h3-6,9H,2H2,1H3. The van der Waals surface area contributed by atoms with Crippen molar-refractivity contribution in [1.29, 1.82) is 0 Å². The van der Waals surface area contributed by atoms with E-state index in [0.717, 1.165) is 12.0 Å². The summed E-state index contributed by atoms with van der Waals surface area (Å²) in [5, 5.41) is 0. The van der Waals surface area contributed by atoms with E-state index in [9.17, 15) is 4.79 Å². The Hall–Kier alpha value is -1.35. The van der Waals surface area contributed by atoms with Gasteiger partial charge >= 0.3 is 5.97 Å². The van der Waals surface area contributed by atoms with Crippen molar-refractivity contribution in [3.63, 3.8) is 0 Å². The van der Waals surface area contributed by atoms with Crippen molar-refractivity contribution in [2.24, 2.45) is 0 Å². The monoisotopic (exact) mass is 190 g/mol. The lowest BCUT2D eigenvalue weighted by Gasteiger charge is -2.03. The normalized spacial score (nSPS) is 32.9. The lowest BCUT2D eigenvalue weighted by Crippen LogP contribution is -2.11. The molecule has 3 rings (SSSR count). The first-order chi connectivity index (χ1) is 6.78. The molecule has 2 heterocycles. The van der Waals surface area contributed by atoms with Crippen molar-refractivity contribution in [2.75, 3.05) is 0 Å². The molecule has 72 valence electrons. The number of carbonyl (C=O) groups excluding carboxylic acids is 1. The van der Waals surface area contributed by atoms with Gasteiger partial charge in [-0.1, -0.05) is 25.1 Å². The van der Waals surface area contributed by atoms with Crippen molar-refractivity contribution in [3.8, 4) is 0 Å². The van der Waals surface area contributed by atoms with Gasteiger partial charge in [0.1, 0.15) is 6.10 Å². The smallest absolute Gasteiger partial charge is 0.341 e. The molecule has 1 fully saturated rings. The van der Waals surface area contributed by atoms with Crippen LogP contribution in [0.4, 0.5) is 0 Å². The minimum absolute atomic E-state index is 0.0371. The highest BCUT2D eigenvalue weighted by Gasteiger charge is 2.65. The summed E-state index contributed by atoms with van der Waals surface area (Å²) in [6, 6.07) is 7.41. The Labute approximate surface area is 81.6 Å². The molecular formula is C11H10O3. The van der Waals surface area contributed by atoms with Crippen LogP contribution < -0.4 is 0 Å². The zero-order chi connectivity index (χ0) is 9.76. The minimum Gasteiger partial charge on any atom is -0.422 e. The van der Waals surface area contributed by atoms with Gasteiger partial charge in [-0.2, -0.15) is 0 Å². The molecule has 1 aromatic carbocycles. The highest BCUT2D eigenvalue weighted by molar-refractivity contribution is 5.95. The maximum atomic E-state index is 11.5. The molecule has 2 unspecified atom stereocenters. The van der Waals surface area contributed by atoms with Crippen LogP contribution in [0.1, 0.15) is 29.3 Å². The molecule has 0 saturated carbocycles. The molecular weight excluding hydrogens is 180 g/mol. The van der Waals surface area contributed by atoms with Crippen molar-refractivity contribution in [3.05, 3.63) is 35.4 Å². The lowest BCUT2D eigenvalue weighted by molar-refractivity contribution is -0.00812. The van der Waals surface area contributed by atoms with Crippen molar-refractivity contribution in [2.45, 2.75) is 25.2 Å². The van der Waals surface area contributed by atoms with E-state index >= 15 is 0 Å². The van der Waals surface area contributed by atoms with Crippen LogP contribution >= 0.6 is 0 Å². The fourth-order valence-corrected chi connectivity index (χ4v) is 2.07. The second-order valence-electron chi connectivity index (χ2n) is 3.62. The molecule has 0 radical (unpaired) electrons. The first-order valence-corrected chi connectivity index (χ1v) is 4.78. The quantitative estimate of drug-likeness (QED) is 0.500. The fraction of sp³-hybridized carbons (Fsp3) is 0.364. The summed E-state index contributed by atoms with van der Waals surface area (Å²) in [6.45, 7) is 2.02. The minimum atomic E-state index is -0.734. The topological polar surface area (TPSA) is 38.8 Å². The van der Waals surface area contributed by atoms with Gasteiger partial charge < -0.3 is 9.47 Å². The van der Waals surface area contributed by atoms with Crippen LogP contribution in [0.2, 0.25) is 0 Å². The number of benzene rings is 1. The maximum absolute atomic E-state index is 11.5. The molecule has 1 saturated heterocycles. The van der Waals surface area contributed by atoms with E-state index in [4.69, 9.17) is 9.47 Å². The third-order valence-corrected chi connectivity index (χ3v) is 2.82. The summed E-state index contributed by atoms with van der Waals surface area (Å²) >= 11 is 0. The highest BCUT2D eigenvalue weighted by atomic mass is 16.8. The summed E-state index contributed by atoms with van der Waals surface area (Å²) in [7, 11) is 0. The average Bonchev–Trinajstić information content (AvgIpc) is 2.84. The summed E-state index contributed by atoms with van der Waals surface area (Å²) in [6.07, 6.45) is 0.900. The molecule has 0 bridgehead atoms. The molecule has 0 aliphatic carbocycles. The third kappa shape index (κ3) is 0.780. The van der Waals surface area contributed by atoms with Gasteiger partial charge in [0.05, 0.1) is 5.56 Å². The van der Waals surface area contributed by atoms with Crippen LogP contribution in [0.15, 0.2) is 24.3 Å². The number of hydrogen-bond donors (Lipinski definition) is 0. The fourth-order valence-electron chi connectivity index (χ4n) is 2.07. The van der Waals surface area contributed by atoms with Gasteiger partial charge in [-0.05, 0) is 12.5 Å². The molecule has 2 aliphatic rings. The predicted octanol–water partition coefficient (Wildman–Crippen LogP) is 1.82. The number of rotatable bonds is 1. The van der Waals surface area contributed by atoms with Gasteiger partial charge in [-0.3, -0.25) is 0 Å². The van der Waals surface area contributed by atoms with Crippen LogP contribution in [0, 0.1) is 0 Å². The Kier molecular flexibility index (Phi) is 1.35. The van der Waals surface area contributed by atoms with Gasteiger partial charge in [-0.25, -0.2) is 4.79 Å². The number of epoxide rings is 1. The Bertz CT molecular complexity index is 413. The van der Waals surface area contributed by atoms with Gasteiger partial charge in [0, 0.05) is 5.56 Å². The predicted molar refractivity (Wildman–Crippen MR) is 48.7 cm³/mol. The van der Waals surface area contributed by atoms with Crippen molar-refractivity contribution >= 4 is 5.97 Å². The largest absolute Gasteiger partial charge is 0.422 e. The molecule has 14 heavy (non-hydrogen) atoms. The van der Waals surface area contributed by atoms with E-state index in [2.05, 4.69) is 0 Å². The van der Waals surface area contributed by atoms with E-state index in [1.807, 2.05) is 25.1 Å². The van der Waals surface area contributed by atoms with Crippen LogP contribution in [0.5, 0.6) is 0 Å². The molecule has 2 atom stereocenters. The van der Waals surface area contributed by atoms with Crippen LogP contribution in [0.25, 0.3) is 0 Å². The van der Waals surface area contributed by atoms with Crippen molar-refractivity contribution in [1.82, 2.24) is 0 Å². The van der Waals surface area contributed by atoms with Crippen LogP contribution in [-0.4, -0.2) is 12.1 Å². The van der Waals surface area contributed by atoms with E-state index in [-0.39, 0.29) is 12.1 Å². The first-order valence-electron chi connectivity index (χ1n) is 4.78. The van der Waals surface area contributed by atoms with E-state index < -0.39 is 5.79 Å². The summed E-state index contributed by atoms with van der Waals surface area (Å²) in [5.74, 6) is -1.00. The number of ether oxygens (including phenoxy) is 2.